The molecule has 3 aliphatic rings. The lowest BCUT2D eigenvalue weighted by atomic mass is 10.0. The number of imide groups is 1. The molecule has 1 aromatic heterocycles. The number of nitrogens with zero attached hydrogens (tertiary/aromatic N) is 3. The van der Waals surface area contributed by atoms with Crippen molar-refractivity contribution >= 4 is 17.7 Å². The van der Waals surface area contributed by atoms with Crippen molar-refractivity contribution in [2.75, 3.05) is 13.2 Å². The third-order valence-electron chi connectivity index (χ3n) is 6.54. The molecule has 2 saturated heterocycles. The Morgan fingerprint density at radius 3 is 2.91 bits per heavy atom. The summed E-state index contributed by atoms with van der Waals surface area (Å²) in [5.41, 5.74) is 2.36. The Balaban J connectivity index is 1.23. The van der Waals surface area contributed by atoms with E-state index in [-0.39, 0.29) is 24.3 Å². The lowest BCUT2D eigenvalue weighted by Crippen LogP contribution is -2.52. The molecule has 2 atom stereocenters. The van der Waals surface area contributed by atoms with Crippen LogP contribution in [0.25, 0.3) is 0 Å². The minimum Gasteiger partial charge on any atom is -0.492 e. The first kappa shape index (κ1) is 20.7. The van der Waals surface area contributed by atoms with E-state index in [4.69, 9.17) is 9.15 Å². The summed E-state index contributed by atoms with van der Waals surface area (Å²) in [4.78, 5) is 44.6. The fraction of sp³-hybridized carbons (Fsp3) is 0.478. The zero-order valence-corrected chi connectivity index (χ0v) is 17.8. The van der Waals surface area contributed by atoms with E-state index >= 15 is 0 Å². The van der Waals surface area contributed by atoms with Crippen LogP contribution in [0.1, 0.15) is 53.7 Å². The van der Waals surface area contributed by atoms with Gasteiger partial charge in [-0.1, -0.05) is 6.42 Å². The number of benzene rings is 1. The number of amides is 3. The molecule has 5 rings (SSSR count). The van der Waals surface area contributed by atoms with Crippen LogP contribution < -0.4 is 10.1 Å². The van der Waals surface area contributed by atoms with E-state index in [0.29, 0.717) is 30.9 Å². The highest BCUT2D eigenvalue weighted by Gasteiger charge is 2.39. The van der Waals surface area contributed by atoms with Crippen LogP contribution >= 0.6 is 0 Å². The molecule has 4 heterocycles. The second kappa shape index (κ2) is 8.74. The maximum atomic E-state index is 12.8. The molecule has 9 heteroatoms. The van der Waals surface area contributed by atoms with E-state index in [1.807, 2.05) is 12.1 Å². The fourth-order valence-corrected chi connectivity index (χ4v) is 4.81. The average Bonchev–Trinajstić information content (AvgIpc) is 3.41. The highest BCUT2D eigenvalue weighted by molar-refractivity contribution is 6.05. The average molecular weight is 438 g/mol. The van der Waals surface area contributed by atoms with Gasteiger partial charge in [0.05, 0.1) is 5.69 Å². The van der Waals surface area contributed by atoms with Crippen molar-refractivity contribution in [3.63, 3.8) is 0 Å². The second-order valence-corrected chi connectivity index (χ2v) is 8.63. The first-order chi connectivity index (χ1) is 15.6. The molecule has 32 heavy (non-hydrogen) atoms. The molecule has 2 aromatic rings. The van der Waals surface area contributed by atoms with Crippen molar-refractivity contribution in [3.05, 3.63) is 47.7 Å². The fourth-order valence-electron chi connectivity index (χ4n) is 4.81. The van der Waals surface area contributed by atoms with Gasteiger partial charge in [-0.15, -0.1) is 0 Å². The lowest BCUT2D eigenvalue weighted by molar-refractivity contribution is -0.136. The molecule has 0 saturated carbocycles. The molecule has 9 nitrogen and oxygen atoms in total. The van der Waals surface area contributed by atoms with Crippen molar-refractivity contribution in [1.82, 2.24) is 20.1 Å². The number of nitrogens with one attached hydrogen (secondary N) is 1. The molecule has 0 bridgehead atoms. The second-order valence-electron chi connectivity index (χ2n) is 8.63. The first-order valence-electron chi connectivity index (χ1n) is 11.1. The van der Waals surface area contributed by atoms with Gasteiger partial charge >= 0.3 is 0 Å². The molecule has 168 valence electrons. The third kappa shape index (κ3) is 4.12. The van der Waals surface area contributed by atoms with Crippen LogP contribution in [0, 0.1) is 0 Å². The summed E-state index contributed by atoms with van der Waals surface area (Å²) in [6.07, 6.45) is 7.12. The molecule has 1 aromatic carbocycles. The Labute approximate surface area is 185 Å². The maximum Gasteiger partial charge on any atom is 0.255 e. The minimum atomic E-state index is -0.607. The number of rotatable bonds is 6. The Bertz CT molecular complexity index is 1020. The van der Waals surface area contributed by atoms with Crippen LogP contribution in [0.3, 0.4) is 0 Å². The van der Waals surface area contributed by atoms with Crippen LogP contribution in [-0.2, 0) is 22.7 Å². The predicted molar refractivity (Wildman–Crippen MR) is 113 cm³/mol. The number of hydrogen-bond donors (Lipinski definition) is 1. The topological polar surface area (TPSA) is 105 Å². The number of ether oxygens (including phenoxy) is 1. The van der Waals surface area contributed by atoms with Crippen molar-refractivity contribution < 1.29 is 23.5 Å². The van der Waals surface area contributed by atoms with Gasteiger partial charge in [-0.2, -0.15) is 0 Å². The standard InChI is InChI=1S/C23H26N4O5/c28-21-7-6-20(22(29)25-21)27-10-15-9-18(4-5-19(15)23(27)30)32-13-17-3-1-2-8-26(17)11-16-12-31-14-24-16/h4-5,9,12,14,17,20H,1-3,6-8,10-11,13H2,(H,25,28,29). The highest BCUT2D eigenvalue weighted by atomic mass is 16.5. The number of likely N-dealkylation sites (tertiary alicyclic amines) is 1. The molecular formula is C23H26N4O5. The summed E-state index contributed by atoms with van der Waals surface area (Å²) in [6, 6.07) is 5.16. The van der Waals surface area contributed by atoms with Gasteiger partial charge in [0, 0.05) is 31.1 Å². The van der Waals surface area contributed by atoms with Crippen molar-refractivity contribution in [2.24, 2.45) is 0 Å². The Kier molecular flexibility index (Phi) is 5.65. The third-order valence-corrected chi connectivity index (χ3v) is 6.54. The summed E-state index contributed by atoms with van der Waals surface area (Å²) in [6.45, 7) is 2.64. The first-order valence-corrected chi connectivity index (χ1v) is 11.1. The van der Waals surface area contributed by atoms with Gasteiger partial charge in [0.25, 0.3) is 5.91 Å². The van der Waals surface area contributed by atoms with E-state index in [1.165, 1.54) is 12.8 Å². The van der Waals surface area contributed by atoms with Crippen molar-refractivity contribution in [1.29, 1.82) is 0 Å². The summed E-state index contributed by atoms with van der Waals surface area (Å²) in [5, 5.41) is 2.33. The monoisotopic (exact) mass is 438 g/mol. The Morgan fingerprint density at radius 2 is 2.09 bits per heavy atom. The molecule has 0 aliphatic carbocycles. The van der Waals surface area contributed by atoms with Gasteiger partial charge in [-0.3, -0.25) is 24.6 Å². The largest absolute Gasteiger partial charge is 0.492 e. The zero-order valence-electron chi connectivity index (χ0n) is 17.8. The molecule has 0 radical (unpaired) electrons. The molecule has 2 unspecified atom stereocenters. The van der Waals surface area contributed by atoms with Crippen LogP contribution in [0.15, 0.2) is 35.3 Å². The van der Waals surface area contributed by atoms with E-state index < -0.39 is 11.9 Å². The van der Waals surface area contributed by atoms with Gasteiger partial charge < -0.3 is 14.1 Å². The van der Waals surface area contributed by atoms with Gasteiger partial charge in [-0.25, -0.2) is 4.98 Å². The minimum absolute atomic E-state index is 0.174. The quantitative estimate of drug-likeness (QED) is 0.687. The summed E-state index contributed by atoms with van der Waals surface area (Å²) in [5.74, 6) is -0.143. The molecule has 2 fully saturated rings. The molecular weight excluding hydrogens is 412 g/mol. The predicted octanol–water partition coefficient (Wildman–Crippen LogP) is 1.87. The van der Waals surface area contributed by atoms with E-state index in [2.05, 4.69) is 15.2 Å². The number of fused-ring (bicyclic) bond motifs is 1. The van der Waals surface area contributed by atoms with Crippen molar-refractivity contribution in [2.45, 2.75) is 57.3 Å². The van der Waals surface area contributed by atoms with Crippen molar-refractivity contribution in [3.8, 4) is 5.75 Å². The number of carbonyl (C=O) groups is 3. The zero-order chi connectivity index (χ0) is 22.1. The SMILES string of the molecule is O=C1CCC(N2Cc3cc(OCC4CCCCN4Cc4cocn4)ccc3C2=O)C(=O)N1. The summed E-state index contributed by atoms with van der Waals surface area (Å²) < 4.78 is 11.2. The van der Waals surface area contributed by atoms with Crippen LogP contribution in [0.2, 0.25) is 0 Å². The van der Waals surface area contributed by atoms with E-state index in [1.54, 1.807) is 17.2 Å². The lowest BCUT2D eigenvalue weighted by Gasteiger charge is -2.34. The van der Waals surface area contributed by atoms with Crippen LogP contribution in [0.4, 0.5) is 0 Å². The number of carbonyl (C=O) groups excluding carboxylic acids is 3. The van der Waals surface area contributed by atoms with E-state index in [9.17, 15) is 14.4 Å². The Morgan fingerprint density at radius 1 is 1.19 bits per heavy atom. The summed E-state index contributed by atoms with van der Waals surface area (Å²) >= 11 is 0. The molecule has 3 amide bonds. The Hall–Kier alpha value is -3.20. The molecule has 3 aliphatic heterocycles. The van der Waals surface area contributed by atoms with Gasteiger partial charge in [0.15, 0.2) is 6.39 Å². The number of oxazole rings is 1. The van der Waals surface area contributed by atoms with Gasteiger partial charge in [-0.05, 0) is 49.6 Å². The van der Waals surface area contributed by atoms with Crippen LogP contribution in [-0.4, -0.2) is 57.7 Å². The number of hydrogen-bond acceptors (Lipinski definition) is 7. The number of piperidine rings is 2. The number of aromatic nitrogens is 1. The molecule has 1 N–H and O–H groups in total. The highest BCUT2D eigenvalue weighted by Crippen LogP contribution is 2.30. The smallest absolute Gasteiger partial charge is 0.255 e. The normalized spacial score (nSPS) is 23.9. The molecule has 0 spiro atoms. The van der Waals surface area contributed by atoms with Gasteiger partial charge in [0.1, 0.15) is 24.7 Å². The van der Waals surface area contributed by atoms with E-state index in [0.717, 1.165) is 37.2 Å². The summed E-state index contributed by atoms with van der Waals surface area (Å²) in [7, 11) is 0. The maximum absolute atomic E-state index is 12.8. The van der Waals surface area contributed by atoms with Crippen LogP contribution in [0.5, 0.6) is 5.75 Å². The van der Waals surface area contributed by atoms with Gasteiger partial charge in [0.2, 0.25) is 11.8 Å².